The summed E-state index contributed by atoms with van der Waals surface area (Å²) < 4.78 is 4.69. The molecule has 0 amide bonds. The van der Waals surface area contributed by atoms with Crippen molar-refractivity contribution in [3.63, 3.8) is 0 Å². The highest BCUT2D eigenvalue weighted by Gasteiger charge is 2.21. The van der Waals surface area contributed by atoms with Crippen molar-refractivity contribution in [2.45, 2.75) is 13.8 Å². The summed E-state index contributed by atoms with van der Waals surface area (Å²) in [7, 11) is 2.13. The molecule has 0 saturated carbocycles. The van der Waals surface area contributed by atoms with Gasteiger partial charge in [0.25, 0.3) is 0 Å². The third-order valence-corrected chi connectivity index (χ3v) is 1.91. The zero-order valence-electron chi connectivity index (χ0n) is 6.63. The van der Waals surface area contributed by atoms with Gasteiger partial charge < -0.3 is 4.52 Å². The molecule has 0 aliphatic rings. The van der Waals surface area contributed by atoms with Crippen molar-refractivity contribution in [1.82, 2.24) is 0 Å². The minimum atomic E-state index is -0.593. The van der Waals surface area contributed by atoms with Gasteiger partial charge in [0.2, 0.25) is 5.24 Å². The molecule has 1 unspecified atom stereocenters. The van der Waals surface area contributed by atoms with Crippen molar-refractivity contribution in [2.75, 3.05) is 6.61 Å². The number of allylic oxidation sites excluding steroid dienone is 1. The minimum absolute atomic E-state index is 0.363. The summed E-state index contributed by atoms with van der Waals surface area (Å²) in [5.41, 5.74) is -0.593. The first-order chi connectivity index (χ1) is 5.00. The van der Waals surface area contributed by atoms with Gasteiger partial charge >= 0.3 is 0 Å². The van der Waals surface area contributed by atoms with E-state index in [1.807, 2.05) is 0 Å². The zero-order valence-corrected chi connectivity index (χ0v) is 8.54. The van der Waals surface area contributed by atoms with Crippen LogP contribution in [0, 0.1) is 5.41 Å². The van der Waals surface area contributed by atoms with E-state index in [4.69, 9.17) is 16.1 Å². The van der Waals surface area contributed by atoms with Gasteiger partial charge in [-0.1, -0.05) is 12.2 Å². The number of hydrogen-bond donors (Lipinski definition) is 0. The molecular formula is C7H12ClO2P. The van der Waals surface area contributed by atoms with Crippen molar-refractivity contribution < 1.29 is 9.32 Å². The fraction of sp³-hybridized carbons (Fsp3) is 0.571. The van der Waals surface area contributed by atoms with Crippen LogP contribution in [0.1, 0.15) is 13.8 Å². The molecule has 0 aromatic heterocycles. The van der Waals surface area contributed by atoms with Crippen LogP contribution in [-0.4, -0.2) is 11.8 Å². The van der Waals surface area contributed by atoms with E-state index in [0.717, 1.165) is 0 Å². The predicted molar refractivity (Wildman–Crippen MR) is 49.4 cm³/mol. The Morgan fingerprint density at radius 2 is 2.27 bits per heavy atom. The number of halogens is 1. The first-order valence-electron chi connectivity index (χ1n) is 3.20. The Balaban J connectivity index is 4.00. The average Bonchev–Trinajstić information content (AvgIpc) is 1.88. The van der Waals surface area contributed by atoms with E-state index in [0.29, 0.717) is 6.61 Å². The molecule has 0 fully saturated rings. The first kappa shape index (κ1) is 11.1. The molecule has 0 radical (unpaired) electrons. The van der Waals surface area contributed by atoms with Gasteiger partial charge in [0, 0.05) is 9.47 Å². The quantitative estimate of drug-likeness (QED) is 0.389. The topological polar surface area (TPSA) is 26.3 Å². The van der Waals surface area contributed by atoms with Gasteiger partial charge in [0.05, 0.1) is 12.0 Å². The van der Waals surface area contributed by atoms with E-state index in [1.54, 1.807) is 26.0 Å². The Hall–Kier alpha value is 0.0900. The van der Waals surface area contributed by atoms with Crippen LogP contribution in [0.5, 0.6) is 0 Å². The Morgan fingerprint density at radius 3 is 2.64 bits per heavy atom. The fourth-order valence-corrected chi connectivity index (χ4v) is 0.638. The first-order valence-corrected chi connectivity index (χ1v) is 4.05. The van der Waals surface area contributed by atoms with Gasteiger partial charge in [-0.15, -0.1) is 0 Å². The van der Waals surface area contributed by atoms with E-state index < -0.39 is 5.41 Å². The Kier molecular flexibility index (Phi) is 4.91. The Labute approximate surface area is 74.2 Å². The van der Waals surface area contributed by atoms with Gasteiger partial charge in [-0.2, -0.15) is 0 Å². The second-order valence-corrected chi connectivity index (χ2v) is 3.41. The molecule has 0 heterocycles. The second-order valence-electron chi connectivity index (χ2n) is 2.73. The highest BCUT2D eigenvalue weighted by atomic mass is 35.5. The Bertz CT molecular complexity index is 166. The lowest BCUT2D eigenvalue weighted by molar-refractivity contribution is -0.116. The maximum Gasteiger partial charge on any atom is 0.231 e. The van der Waals surface area contributed by atoms with Crippen LogP contribution in [0.15, 0.2) is 12.2 Å². The molecule has 0 aromatic rings. The van der Waals surface area contributed by atoms with Crippen LogP contribution < -0.4 is 0 Å². The predicted octanol–water partition coefficient (Wildman–Crippen LogP) is 2.14. The number of carbonyl (C=O) groups excluding carboxylic acids is 1. The molecule has 0 rings (SSSR count). The zero-order chi connectivity index (χ0) is 8.91. The summed E-state index contributed by atoms with van der Waals surface area (Å²) in [5, 5.41) is -0.363. The molecule has 0 aromatic carbocycles. The standard InChI is InChI=1S/C7H12ClO2P/c1-7(2,6(8)9)4-3-5-10-11/h3-4H,5,11H2,1-2H3/b4-3+. The molecule has 0 N–H and O–H groups in total. The van der Waals surface area contributed by atoms with Crippen molar-refractivity contribution in [1.29, 1.82) is 0 Å². The van der Waals surface area contributed by atoms with Crippen LogP contribution in [0.4, 0.5) is 0 Å². The molecule has 0 spiro atoms. The molecule has 1 atom stereocenters. The largest absolute Gasteiger partial charge is 0.362 e. The highest BCUT2D eigenvalue weighted by molar-refractivity contribution is 7.09. The molecule has 4 heteroatoms. The van der Waals surface area contributed by atoms with E-state index >= 15 is 0 Å². The molecule has 0 aliphatic heterocycles. The van der Waals surface area contributed by atoms with Crippen LogP contribution in [-0.2, 0) is 9.32 Å². The van der Waals surface area contributed by atoms with Gasteiger partial charge in [0.1, 0.15) is 0 Å². The summed E-state index contributed by atoms with van der Waals surface area (Å²) in [5.74, 6) is 0. The summed E-state index contributed by atoms with van der Waals surface area (Å²) in [6.07, 6.45) is 3.49. The maximum absolute atomic E-state index is 10.7. The van der Waals surface area contributed by atoms with Gasteiger partial charge in [0.15, 0.2) is 0 Å². The molecule has 0 bridgehead atoms. The minimum Gasteiger partial charge on any atom is -0.362 e. The average molecular weight is 195 g/mol. The summed E-state index contributed by atoms with van der Waals surface area (Å²) in [6, 6.07) is 0. The summed E-state index contributed by atoms with van der Waals surface area (Å²) in [6.45, 7) is 3.97. The van der Waals surface area contributed by atoms with Gasteiger partial charge in [-0.3, -0.25) is 4.79 Å². The van der Waals surface area contributed by atoms with E-state index in [-0.39, 0.29) is 5.24 Å². The van der Waals surface area contributed by atoms with Crippen LogP contribution in [0.2, 0.25) is 0 Å². The van der Waals surface area contributed by atoms with Crippen molar-refractivity contribution >= 4 is 26.3 Å². The van der Waals surface area contributed by atoms with Crippen LogP contribution in [0.25, 0.3) is 0 Å². The number of rotatable bonds is 4. The van der Waals surface area contributed by atoms with Crippen molar-refractivity contribution in [3.05, 3.63) is 12.2 Å². The second kappa shape index (κ2) is 4.87. The van der Waals surface area contributed by atoms with Crippen molar-refractivity contribution in [3.8, 4) is 0 Å². The third kappa shape index (κ3) is 4.52. The highest BCUT2D eigenvalue weighted by Crippen LogP contribution is 2.20. The number of hydrogen-bond acceptors (Lipinski definition) is 2. The number of carbonyl (C=O) groups is 1. The molecule has 11 heavy (non-hydrogen) atoms. The third-order valence-electron chi connectivity index (χ3n) is 1.23. The lowest BCUT2D eigenvalue weighted by Gasteiger charge is -2.12. The molecule has 0 saturated heterocycles. The fourth-order valence-electron chi connectivity index (χ4n) is 0.464. The molecule has 2 nitrogen and oxygen atoms in total. The SMILES string of the molecule is CC(C)(/C=C/COP)C(=O)Cl. The lowest BCUT2D eigenvalue weighted by Crippen LogP contribution is -2.15. The smallest absolute Gasteiger partial charge is 0.231 e. The van der Waals surface area contributed by atoms with Crippen molar-refractivity contribution in [2.24, 2.45) is 5.41 Å². The van der Waals surface area contributed by atoms with E-state index in [2.05, 4.69) is 9.47 Å². The normalized spacial score (nSPS) is 12.4. The molecular weight excluding hydrogens is 183 g/mol. The van der Waals surface area contributed by atoms with Crippen LogP contribution in [0.3, 0.4) is 0 Å². The molecule has 0 aliphatic carbocycles. The monoisotopic (exact) mass is 194 g/mol. The maximum atomic E-state index is 10.7. The lowest BCUT2D eigenvalue weighted by atomic mass is 9.95. The van der Waals surface area contributed by atoms with Gasteiger partial charge in [-0.05, 0) is 25.4 Å². The van der Waals surface area contributed by atoms with Crippen LogP contribution >= 0.6 is 21.1 Å². The summed E-state index contributed by atoms with van der Waals surface area (Å²) >= 11 is 5.31. The van der Waals surface area contributed by atoms with E-state index in [9.17, 15) is 4.79 Å². The Morgan fingerprint density at radius 1 is 1.73 bits per heavy atom. The van der Waals surface area contributed by atoms with E-state index in [1.165, 1.54) is 0 Å². The van der Waals surface area contributed by atoms with Gasteiger partial charge in [-0.25, -0.2) is 0 Å². The summed E-state index contributed by atoms with van der Waals surface area (Å²) in [4.78, 5) is 10.7. The molecule has 64 valence electrons.